The van der Waals surface area contributed by atoms with E-state index in [0.29, 0.717) is 0 Å². The molecule has 0 fully saturated rings. The fraction of sp³-hybridized carbons (Fsp3) is 0.800. The van der Waals surface area contributed by atoms with E-state index in [2.05, 4.69) is 31.9 Å². The zero-order valence-corrected chi connectivity index (χ0v) is 8.36. The predicted molar refractivity (Wildman–Crippen MR) is 43.4 cm³/mol. The molecule has 0 rings (SSSR count). The molecule has 0 saturated carbocycles. The molecule has 1 N–H and O–H groups in total. The van der Waals surface area contributed by atoms with Crippen LogP contribution in [0.1, 0.15) is 13.8 Å². The van der Waals surface area contributed by atoms with Crippen molar-refractivity contribution in [3.63, 3.8) is 0 Å². The van der Waals surface area contributed by atoms with Gasteiger partial charge in [0.2, 0.25) is 0 Å². The molecule has 0 amide bonds. The van der Waals surface area contributed by atoms with Gasteiger partial charge in [0.05, 0.1) is 0 Å². The molecule has 0 heterocycles. The average Bonchev–Trinajstić information content (AvgIpc) is 1.65. The minimum absolute atomic E-state index is 0.0810. The molecule has 0 aliphatic rings. The van der Waals surface area contributed by atoms with Crippen molar-refractivity contribution < 1.29 is 9.90 Å². The highest BCUT2D eigenvalue weighted by Crippen LogP contribution is 2.27. The van der Waals surface area contributed by atoms with E-state index < -0.39 is 10.3 Å². The van der Waals surface area contributed by atoms with Gasteiger partial charge in [0, 0.05) is 4.83 Å². The van der Waals surface area contributed by atoms with Gasteiger partial charge in [-0.05, 0) is 6.92 Å². The number of hydrogen-bond donors (Lipinski definition) is 1. The van der Waals surface area contributed by atoms with Gasteiger partial charge >= 0.3 is 5.97 Å². The minimum Gasteiger partial charge on any atom is -0.480 e. The van der Waals surface area contributed by atoms with Gasteiger partial charge in [-0.25, -0.2) is 0 Å². The van der Waals surface area contributed by atoms with Gasteiger partial charge in [-0.1, -0.05) is 38.8 Å². The van der Waals surface area contributed by atoms with Crippen LogP contribution < -0.4 is 0 Å². The number of carboxylic acids is 1. The number of carboxylic acid groups (broad SMARTS) is 1. The van der Waals surface area contributed by atoms with Gasteiger partial charge in [0.25, 0.3) is 0 Å². The lowest BCUT2D eigenvalue weighted by Gasteiger charge is -2.19. The molecule has 0 bridgehead atoms. The maximum Gasteiger partial charge on any atom is 0.321 e. The van der Waals surface area contributed by atoms with E-state index in [1.54, 1.807) is 13.8 Å². The van der Waals surface area contributed by atoms with E-state index >= 15 is 0 Å². The largest absolute Gasteiger partial charge is 0.480 e. The maximum absolute atomic E-state index is 10.4. The third kappa shape index (κ3) is 2.26. The lowest BCUT2D eigenvalue weighted by molar-refractivity contribution is -0.139. The summed E-state index contributed by atoms with van der Waals surface area (Å²) < 4.78 is -0.854. The Hall–Kier alpha value is 0.430. The first-order chi connectivity index (χ1) is 3.89. The van der Waals surface area contributed by atoms with Crippen LogP contribution in [0.3, 0.4) is 0 Å². The molecule has 0 aliphatic carbocycles. The quantitative estimate of drug-likeness (QED) is 0.771. The molecule has 9 heavy (non-hydrogen) atoms. The Morgan fingerprint density at radius 2 is 2.11 bits per heavy atom. The number of hydrogen-bond acceptors (Lipinski definition) is 1. The van der Waals surface area contributed by atoms with Crippen molar-refractivity contribution in [1.29, 1.82) is 0 Å². The third-order valence-corrected chi connectivity index (χ3v) is 3.72. The van der Waals surface area contributed by atoms with Crippen molar-refractivity contribution in [3.05, 3.63) is 0 Å². The molecule has 54 valence electrons. The van der Waals surface area contributed by atoms with Crippen LogP contribution in [0.15, 0.2) is 0 Å². The first-order valence-electron chi connectivity index (χ1n) is 2.45. The summed E-state index contributed by atoms with van der Waals surface area (Å²) in [4.78, 5) is 10.3. The molecule has 0 saturated heterocycles. The maximum atomic E-state index is 10.4. The molecule has 0 aromatic rings. The van der Waals surface area contributed by atoms with Crippen LogP contribution in [0.5, 0.6) is 0 Å². The van der Waals surface area contributed by atoms with E-state index in [0.717, 1.165) is 0 Å². The topological polar surface area (TPSA) is 37.3 Å². The molecule has 0 unspecified atom stereocenters. The Kier molecular flexibility index (Phi) is 3.16. The zero-order valence-electron chi connectivity index (χ0n) is 5.19. The summed E-state index contributed by atoms with van der Waals surface area (Å²) in [5.41, 5.74) is 0. The Balaban J connectivity index is 4.19. The Labute approximate surface area is 70.9 Å². The second-order valence-corrected chi connectivity index (χ2v) is 5.02. The van der Waals surface area contributed by atoms with Gasteiger partial charge in [0.15, 0.2) is 0 Å². The summed E-state index contributed by atoms with van der Waals surface area (Å²) in [6.07, 6.45) is 0. The first-order valence-corrected chi connectivity index (χ1v) is 4.16. The van der Waals surface area contributed by atoms with Crippen molar-refractivity contribution in [3.8, 4) is 0 Å². The Bertz CT molecular complexity index is 120. The molecule has 0 spiro atoms. The van der Waals surface area contributed by atoms with Gasteiger partial charge < -0.3 is 5.11 Å². The fourth-order valence-electron chi connectivity index (χ4n) is 0.170. The van der Waals surface area contributed by atoms with E-state index in [9.17, 15) is 4.79 Å². The SMILES string of the molecule is C[C@H](Br)[C@@](C)(Br)C(=O)O. The summed E-state index contributed by atoms with van der Waals surface area (Å²) >= 11 is 6.23. The number of carbonyl (C=O) groups is 1. The highest BCUT2D eigenvalue weighted by molar-refractivity contribution is 9.12. The summed E-state index contributed by atoms with van der Waals surface area (Å²) in [5, 5.41) is 8.53. The van der Waals surface area contributed by atoms with Gasteiger partial charge in [0.1, 0.15) is 4.32 Å². The predicted octanol–water partition coefficient (Wildman–Crippen LogP) is 2.01. The smallest absolute Gasteiger partial charge is 0.321 e. The second kappa shape index (κ2) is 3.01. The van der Waals surface area contributed by atoms with Crippen LogP contribution in [0.25, 0.3) is 0 Å². The summed E-state index contributed by atoms with van der Waals surface area (Å²) in [6, 6.07) is 0. The van der Waals surface area contributed by atoms with Crippen LogP contribution in [-0.2, 0) is 4.79 Å². The van der Waals surface area contributed by atoms with Crippen molar-refractivity contribution in [2.24, 2.45) is 0 Å². The molecule has 0 aromatic carbocycles. The number of alkyl halides is 2. The molecule has 4 heteroatoms. The van der Waals surface area contributed by atoms with Crippen molar-refractivity contribution in [2.75, 3.05) is 0 Å². The molecule has 2 nitrogen and oxygen atoms in total. The minimum atomic E-state index is -0.855. The van der Waals surface area contributed by atoms with Crippen molar-refractivity contribution in [1.82, 2.24) is 0 Å². The van der Waals surface area contributed by atoms with E-state index in [1.165, 1.54) is 0 Å². The molecular formula is C5H8Br2O2. The lowest BCUT2D eigenvalue weighted by Crippen LogP contribution is -2.35. The molecular weight excluding hydrogens is 252 g/mol. The van der Waals surface area contributed by atoms with Gasteiger partial charge in [-0.3, -0.25) is 4.79 Å². The second-order valence-electron chi connectivity index (χ2n) is 2.00. The van der Waals surface area contributed by atoms with Crippen molar-refractivity contribution >= 4 is 37.8 Å². The standard InChI is InChI=1S/C5H8Br2O2/c1-3(6)5(2,7)4(8)9/h3H,1-2H3,(H,8,9)/t3-,5+/m0/s1. The molecule has 2 atom stereocenters. The average molecular weight is 260 g/mol. The van der Waals surface area contributed by atoms with Crippen molar-refractivity contribution in [2.45, 2.75) is 23.0 Å². The molecule has 0 aromatic heterocycles. The normalized spacial score (nSPS) is 20.4. The van der Waals surface area contributed by atoms with Gasteiger partial charge in [-0.2, -0.15) is 0 Å². The van der Waals surface area contributed by atoms with Crippen LogP contribution in [0, 0.1) is 0 Å². The summed E-state index contributed by atoms with van der Waals surface area (Å²) in [5.74, 6) is -0.855. The fourth-order valence-corrected chi connectivity index (χ4v) is 0.366. The number of halogens is 2. The Morgan fingerprint density at radius 1 is 1.78 bits per heavy atom. The summed E-state index contributed by atoms with van der Waals surface area (Å²) in [7, 11) is 0. The first kappa shape index (κ1) is 9.43. The number of aliphatic carboxylic acids is 1. The number of rotatable bonds is 2. The monoisotopic (exact) mass is 258 g/mol. The lowest BCUT2D eigenvalue weighted by atomic mass is 10.1. The van der Waals surface area contributed by atoms with Crippen LogP contribution in [-0.4, -0.2) is 20.2 Å². The highest BCUT2D eigenvalue weighted by atomic mass is 79.9. The van der Waals surface area contributed by atoms with E-state index in [4.69, 9.17) is 5.11 Å². The summed E-state index contributed by atoms with van der Waals surface area (Å²) in [6.45, 7) is 3.39. The van der Waals surface area contributed by atoms with Crippen LogP contribution in [0.4, 0.5) is 0 Å². The zero-order chi connectivity index (χ0) is 7.65. The highest BCUT2D eigenvalue weighted by Gasteiger charge is 2.34. The van der Waals surface area contributed by atoms with E-state index in [1.807, 2.05) is 0 Å². The Morgan fingerprint density at radius 3 is 2.11 bits per heavy atom. The van der Waals surface area contributed by atoms with Crippen LogP contribution >= 0.6 is 31.9 Å². The van der Waals surface area contributed by atoms with Crippen LogP contribution in [0.2, 0.25) is 0 Å². The molecule has 0 radical (unpaired) electrons. The van der Waals surface area contributed by atoms with Gasteiger partial charge in [-0.15, -0.1) is 0 Å². The van der Waals surface area contributed by atoms with E-state index in [-0.39, 0.29) is 4.83 Å². The third-order valence-electron chi connectivity index (χ3n) is 1.17. The molecule has 0 aliphatic heterocycles.